The molecular weight excluding hydrogens is 218 g/mol. The summed E-state index contributed by atoms with van der Waals surface area (Å²) in [6, 6.07) is 0. The van der Waals surface area contributed by atoms with Crippen LogP contribution in [0.1, 0.15) is 52.4 Å². The van der Waals surface area contributed by atoms with Crippen molar-refractivity contribution in [3.05, 3.63) is 0 Å². The third-order valence-electron chi connectivity index (χ3n) is 3.01. The Morgan fingerprint density at radius 2 is 1.82 bits per heavy atom. The summed E-state index contributed by atoms with van der Waals surface area (Å²) in [6.45, 7) is 6.43. The van der Waals surface area contributed by atoms with Gasteiger partial charge in [-0.15, -0.1) is 0 Å². The Morgan fingerprint density at radius 1 is 1.12 bits per heavy atom. The Hall–Kier alpha value is -0.610. The molecule has 17 heavy (non-hydrogen) atoms. The van der Waals surface area contributed by atoms with Crippen molar-refractivity contribution in [3.8, 4) is 0 Å². The number of carboxylic acids is 1. The summed E-state index contributed by atoms with van der Waals surface area (Å²) in [7, 11) is 0. The molecule has 0 atom stereocenters. The minimum Gasteiger partial charge on any atom is -0.481 e. The summed E-state index contributed by atoms with van der Waals surface area (Å²) in [5, 5.41) is 20.6. The van der Waals surface area contributed by atoms with Gasteiger partial charge < -0.3 is 15.5 Å². The molecule has 0 rings (SSSR count). The Kier molecular flexibility index (Phi) is 9.09. The highest BCUT2D eigenvalue weighted by atomic mass is 16.4. The van der Waals surface area contributed by atoms with E-state index in [4.69, 9.17) is 10.2 Å². The van der Waals surface area contributed by atoms with Crippen LogP contribution in [0.5, 0.6) is 0 Å². The Morgan fingerprint density at radius 3 is 2.41 bits per heavy atom. The number of rotatable bonds is 11. The zero-order chi connectivity index (χ0) is 13.1. The van der Waals surface area contributed by atoms with E-state index < -0.39 is 5.97 Å². The molecule has 0 saturated heterocycles. The summed E-state index contributed by atoms with van der Waals surface area (Å²) >= 11 is 0. The molecule has 0 aromatic heterocycles. The smallest absolute Gasteiger partial charge is 0.303 e. The quantitative estimate of drug-likeness (QED) is 0.487. The van der Waals surface area contributed by atoms with E-state index in [1.165, 1.54) is 0 Å². The van der Waals surface area contributed by atoms with Crippen LogP contribution in [0, 0.1) is 5.41 Å². The monoisotopic (exact) mass is 245 g/mol. The summed E-state index contributed by atoms with van der Waals surface area (Å²) in [5.74, 6) is -0.713. The summed E-state index contributed by atoms with van der Waals surface area (Å²) in [5.41, 5.74) is 0.0937. The number of unbranched alkanes of at least 4 members (excludes halogenated alkanes) is 2. The zero-order valence-corrected chi connectivity index (χ0v) is 11.2. The maximum Gasteiger partial charge on any atom is 0.303 e. The molecule has 4 nitrogen and oxygen atoms in total. The third-order valence-corrected chi connectivity index (χ3v) is 3.01. The fourth-order valence-electron chi connectivity index (χ4n) is 1.66. The van der Waals surface area contributed by atoms with Crippen molar-refractivity contribution in [1.82, 2.24) is 5.32 Å². The maximum absolute atomic E-state index is 10.5. The highest BCUT2D eigenvalue weighted by Crippen LogP contribution is 2.25. The van der Waals surface area contributed by atoms with E-state index in [0.717, 1.165) is 45.2 Å². The van der Waals surface area contributed by atoms with E-state index in [1.807, 2.05) is 0 Å². The van der Waals surface area contributed by atoms with E-state index in [9.17, 15) is 4.79 Å². The molecule has 0 heterocycles. The molecule has 0 aliphatic carbocycles. The third kappa shape index (κ3) is 11.6. The first-order valence-corrected chi connectivity index (χ1v) is 6.51. The van der Waals surface area contributed by atoms with E-state index in [0.29, 0.717) is 0 Å². The molecule has 0 amide bonds. The number of hydrogen-bond acceptors (Lipinski definition) is 3. The fourth-order valence-corrected chi connectivity index (χ4v) is 1.66. The van der Waals surface area contributed by atoms with Gasteiger partial charge in [-0.05, 0) is 50.6 Å². The van der Waals surface area contributed by atoms with Gasteiger partial charge in [0.2, 0.25) is 0 Å². The van der Waals surface area contributed by atoms with Crippen molar-refractivity contribution in [2.24, 2.45) is 5.41 Å². The molecule has 102 valence electrons. The number of hydrogen-bond donors (Lipinski definition) is 3. The average Bonchev–Trinajstić information content (AvgIpc) is 2.25. The minimum atomic E-state index is -0.713. The van der Waals surface area contributed by atoms with Crippen LogP contribution in [-0.4, -0.2) is 35.9 Å². The number of aliphatic hydroxyl groups is 1. The number of nitrogens with one attached hydrogen (secondary N) is 1. The highest BCUT2D eigenvalue weighted by Gasteiger charge is 2.18. The second kappa shape index (κ2) is 9.42. The van der Waals surface area contributed by atoms with Gasteiger partial charge in [0.15, 0.2) is 0 Å². The Bertz CT molecular complexity index is 205. The predicted octanol–water partition coefficient (Wildman–Crippen LogP) is 2.02. The van der Waals surface area contributed by atoms with Crippen LogP contribution in [0.2, 0.25) is 0 Å². The van der Waals surface area contributed by atoms with Gasteiger partial charge in [-0.1, -0.05) is 13.8 Å². The van der Waals surface area contributed by atoms with E-state index in [2.05, 4.69) is 19.2 Å². The summed E-state index contributed by atoms with van der Waals surface area (Å²) < 4.78 is 0. The molecule has 0 aromatic carbocycles. The van der Waals surface area contributed by atoms with Gasteiger partial charge in [-0.3, -0.25) is 4.79 Å². The van der Waals surface area contributed by atoms with Crippen LogP contribution in [0.4, 0.5) is 0 Å². The summed E-state index contributed by atoms with van der Waals surface area (Å²) in [6.07, 6.45) is 5.02. The van der Waals surface area contributed by atoms with Gasteiger partial charge in [-0.25, -0.2) is 0 Å². The first kappa shape index (κ1) is 16.4. The zero-order valence-electron chi connectivity index (χ0n) is 11.2. The predicted molar refractivity (Wildman–Crippen MR) is 69.1 cm³/mol. The van der Waals surface area contributed by atoms with Crippen molar-refractivity contribution in [2.75, 3.05) is 19.7 Å². The van der Waals surface area contributed by atoms with Crippen molar-refractivity contribution < 1.29 is 15.0 Å². The minimum absolute atomic E-state index is 0.0937. The molecule has 0 radical (unpaired) electrons. The topological polar surface area (TPSA) is 69.6 Å². The standard InChI is InChI=1S/C13H27NO3/c1-13(2,7-6-12(16)17)8-10-14-9-4-3-5-11-15/h14-15H,3-11H2,1-2H3,(H,16,17). The van der Waals surface area contributed by atoms with Gasteiger partial charge >= 0.3 is 5.97 Å². The van der Waals surface area contributed by atoms with E-state index in [-0.39, 0.29) is 18.4 Å². The van der Waals surface area contributed by atoms with Crippen molar-refractivity contribution in [2.45, 2.75) is 52.4 Å². The van der Waals surface area contributed by atoms with Gasteiger partial charge in [0.25, 0.3) is 0 Å². The van der Waals surface area contributed by atoms with Crippen LogP contribution >= 0.6 is 0 Å². The van der Waals surface area contributed by atoms with Gasteiger partial charge in [-0.2, -0.15) is 0 Å². The van der Waals surface area contributed by atoms with Gasteiger partial charge in [0.05, 0.1) is 0 Å². The molecule has 0 spiro atoms. The van der Waals surface area contributed by atoms with E-state index >= 15 is 0 Å². The fraction of sp³-hybridized carbons (Fsp3) is 0.923. The molecule has 0 aromatic rings. The number of carbonyl (C=O) groups is 1. The van der Waals surface area contributed by atoms with Crippen molar-refractivity contribution >= 4 is 5.97 Å². The molecule has 0 bridgehead atoms. The average molecular weight is 245 g/mol. The molecule has 0 fully saturated rings. The number of aliphatic carboxylic acids is 1. The Balaban J connectivity index is 3.42. The van der Waals surface area contributed by atoms with Crippen molar-refractivity contribution in [3.63, 3.8) is 0 Å². The molecule has 3 N–H and O–H groups in total. The molecule has 0 saturated carbocycles. The molecule has 0 aliphatic rings. The lowest BCUT2D eigenvalue weighted by Gasteiger charge is -2.23. The van der Waals surface area contributed by atoms with Crippen molar-refractivity contribution in [1.29, 1.82) is 0 Å². The second-order valence-corrected chi connectivity index (χ2v) is 5.34. The summed E-state index contributed by atoms with van der Waals surface area (Å²) in [4.78, 5) is 10.5. The first-order valence-electron chi connectivity index (χ1n) is 6.51. The molecule has 0 aliphatic heterocycles. The molecule has 0 unspecified atom stereocenters. The van der Waals surface area contributed by atoms with Crippen LogP contribution < -0.4 is 5.32 Å². The van der Waals surface area contributed by atoms with Crippen LogP contribution in [0.15, 0.2) is 0 Å². The lowest BCUT2D eigenvalue weighted by Crippen LogP contribution is -2.24. The van der Waals surface area contributed by atoms with Crippen LogP contribution in [0.3, 0.4) is 0 Å². The molecule has 4 heteroatoms. The first-order chi connectivity index (χ1) is 7.98. The largest absolute Gasteiger partial charge is 0.481 e. The second-order valence-electron chi connectivity index (χ2n) is 5.34. The number of aliphatic hydroxyl groups excluding tert-OH is 1. The normalized spacial score (nSPS) is 11.7. The number of carboxylic acid groups (broad SMARTS) is 1. The Labute approximate surface area is 104 Å². The van der Waals surface area contributed by atoms with E-state index in [1.54, 1.807) is 0 Å². The lowest BCUT2D eigenvalue weighted by atomic mass is 9.84. The molecular formula is C13H27NO3. The van der Waals surface area contributed by atoms with Crippen LogP contribution in [-0.2, 0) is 4.79 Å². The lowest BCUT2D eigenvalue weighted by molar-refractivity contribution is -0.137. The van der Waals surface area contributed by atoms with Gasteiger partial charge in [0.1, 0.15) is 0 Å². The maximum atomic E-state index is 10.5. The van der Waals surface area contributed by atoms with Crippen LogP contribution in [0.25, 0.3) is 0 Å². The SMILES string of the molecule is CC(C)(CCNCCCCCO)CCC(=O)O. The van der Waals surface area contributed by atoms with Gasteiger partial charge in [0, 0.05) is 13.0 Å². The highest BCUT2D eigenvalue weighted by molar-refractivity contribution is 5.66.